The van der Waals surface area contributed by atoms with Crippen LogP contribution in [0.5, 0.6) is 0 Å². The molecule has 0 unspecified atom stereocenters. The van der Waals surface area contributed by atoms with E-state index in [0.29, 0.717) is 17.4 Å². The number of anilines is 2. The average Bonchev–Trinajstić information content (AvgIpc) is 3.62. The largest absolute Gasteiger partial charge is 0.369 e. The van der Waals surface area contributed by atoms with Gasteiger partial charge in [0.15, 0.2) is 11.6 Å². The van der Waals surface area contributed by atoms with Gasteiger partial charge >= 0.3 is 0 Å². The second kappa shape index (κ2) is 10.6. The Morgan fingerprint density at radius 1 is 1.03 bits per heavy atom. The molecule has 2 fully saturated rings. The summed E-state index contributed by atoms with van der Waals surface area (Å²) in [7, 11) is 2.15. The Kier molecular flexibility index (Phi) is 6.85. The Balaban J connectivity index is 1.19. The van der Waals surface area contributed by atoms with E-state index in [4.69, 9.17) is 9.97 Å². The van der Waals surface area contributed by atoms with Gasteiger partial charge in [0.25, 0.3) is 0 Å². The van der Waals surface area contributed by atoms with E-state index in [1.807, 2.05) is 30.3 Å². The number of hydrogen-bond acceptors (Lipinski definition) is 8. The van der Waals surface area contributed by atoms with Gasteiger partial charge in [0.05, 0.1) is 16.6 Å². The number of hydrogen-bond donors (Lipinski definition) is 1. The van der Waals surface area contributed by atoms with Crippen molar-refractivity contribution in [1.82, 2.24) is 19.9 Å². The molecule has 0 spiro atoms. The number of likely N-dealkylation sites (N-methyl/N-ethyl adjacent to an activating group) is 1. The molecule has 1 aliphatic heterocycles. The van der Waals surface area contributed by atoms with Crippen molar-refractivity contribution in [3.63, 3.8) is 0 Å². The Labute approximate surface area is 221 Å². The van der Waals surface area contributed by atoms with E-state index in [2.05, 4.69) is 44.7 Å². The first kappa shape index (κ1) is 24.0. The Morgan fingerprint density at radius 3 is 2.59 bits per heavy atom. The van der Waals surface area contributed by atoms with Gasteiger partial charge in [-0.05, 0) is 67.7 Å². The lowest BCUT2D eigenvalue weighted by Gasteiger charge is -2.34. The summed E-state index contributed by atoms with van der Waals surface area (Å²) >= 11 is 1.67. The Bertz CT molecular complexity index is 1390. The van der Waals surface area contributed by atoms with Crippen LogP contribution in [-0.4, -0.2) is 64.9 Å². The molecule has 0 radical (unpaired) electrons. The Hall–Kier alpha value is -3.36. The number of nitrogens with one attached hydrogen (secondary N) is 1. The zero-order chi connectivity index (χ0) is 25.2. The van der Waals surface area contributed by atoms with Crippen molar-refractivity contribution in [3.8, 4) is 11.4 Å². The van der Waals surface area contributed by atoms with Crippen LogP contribution >= 0.6 is 11.3 Å². The fourth-order valence-electron chi connectivity index (χ4n) is 5.26. The molecule has 8 heteroatoms. The van der Waals surface area contributed by atoms with Crippen molar-refractivity contribution >= 4 is 38.8 Å². The Morgan fingerprint density at radius 2 is 1.81 bits per heavy atom. The number of thiophene rings is 1. The molecule has 190 valence electrons. The van der Waals surface area contributed by atoms with Crippen molar-refractivity contribution in [2.24, 2.45) is 0 Å². The van der Waals surface area contributed by atoms with Gasteiger partial charge in [-0.1, -0.05) is 12.8 Å². The predicted molar refractivity (Wildman–Crippen MR) is 151 cm³/mol. The molecule has 4 heterocycles. The third-order valence-electron chi connectivity index (χ3n) is 7.47. The summed E-state index contributed by atoms with van der Waals surface area (Å²) in [6, 6.07) is 14.4. The van der Waals surface area contributed by atoms with E-state index in [-0.39, 0.29) is 12.2 Å². The number of piperazine rings is 1. The number of Topliss-reactive ketones (excluding diaryl/α,β-unsaturated/α-hetero) is 1. The monoisotopic (exact) mass is 512 g/mol. The predicted octanol–water partition coefficient (Wildman–Crippen LogP) is 5.29. The van der Waals surface area contributed by atoms with Gasteiger partial charge in [0, 0.05) is 60.9 Å². The second-order valence-corrected chi connectivity index (χ2v) is 11.0. The number of nitrogens with zero attached hydrogens (tertiary/aromatic N) is 5. The minimum Gasteiger partial charge on any atom is -0.369 e. The molecular formula is C29H32N6OS. The highest BCUT2D eigenvalue weighted by Crippen LogP contribution is 2.31. The molecule has 3 aromatic heterocycles. The van der Waals surface area contributed by atoms with Gasteiger partial charge in [-0.25, -0.2) is 9.97 Å². The van der Waals surface area contributed by atoms with Crippen molar-refractivity contribution in [2.45, 2.75) is 38.1 Å². The quantitative estimate of drug-likeness (QED) is 0.338. The van der Waals surface area contributed by atoms with Crippen LogP contribution in [0.3, 0.4) is 0 Å². The summed E-state index contributed by atoms with van der Waals surface area (Å²) < 4.78 is 1.10. The van der Waals surface area contributed by atoms with Gasteiger partial charge in [-0.3, -0.25) is 9.78 Å². The smallest absolute Gasteiger partial charge is 0.168 e. The first-order chi connectivity index (χ1) is 18.1. The highest BCUT2D eigenvalue weighted by Gasteiger charge is 2.19. The molecule has 7 nitrogen and oxygen atoms in total. The summed E-state index contributed by atoms with van der Waals surface area (Å²) in [5, 5.41) is 5.73. The third-order valence-corrected chi connectivity index (χ3v) is 8.38. The highest BCUT2D eigenvalue weighted by atomic mass is 32.1. The molecule has 1 N–H and O–H groups in total. The SMILES string of the molecule is CN1CCN(c2ccc(C(=O)Cc3cc(-c4nc(NC5CCCC5)c5sccc5n4)ccn3)cc2)CC1. The first-order valence-corrected chi connectivity index (χ1v) is 14.0. The van der Waals surface area contributed by atoms with Crippen molar-refractivity contribution in [3.05, 3.63) is 65.3 Å². The fraction of sp³-hybridized carbons (Fsp3) is 0.379. The van der Waals surface area contributed by atoms with E-state index in [1.54, 1.807) is 17.5 Å². The molecular weight excluding hydrogens is 480 g/mol. The second-order valence-electron chi connectivity index (χ2n) is 10.1. The number of benzene rings is 1. The number of fused-ring (bicyclic) bond motifs is 1. The molecule has 1 aromatic carbocycles. The topological polar surface area (TPSA) is 74.2 Å². The van der Waals surface area contributed by atoms with E-state index < -0.39 is 0 Å². The van der Waals surface area contributed by atoms with Crippen LogP contribution in [0.15, 0.2) is 54.0 Å². The summed E-state index contributed by atoms with van der Waals surface area (Å²) in [5.41, 5.74) is 4.44. The lowest BCUT2D eigenvalue weighted by molar-refractivity contribution is 0.0992. The maximum Gasteiger partial charge on any atom is 0.168 e. The average molecular weight is 513 g/mol. The molecule has 0 bridgehead atoms. The van der Waals surface area contributed by atoms with E-state index in [9.17, 15) is 4.79 Å². The van der Waals surface area contributed by atoms with Gasteiger partial charge in [0.1, 0.15) is 5.82 Å². The molecule has 0 amide bonds. The number of ketones is 1. The van der Waals surface area contributed by atoms with E-state index >= 15 is 0 Å². The van der Waals surface area contributed by atoms with Crippen LogP contribution in [0.25, 0.3) is 21.6 Å². The standard InChI is InChI=1S/C29H32N6OS/c1-34-13-15-35(16-14-34)24-8-6-20(7-9-24)26(36)19-23-18-21(10-12-30-23)28-32-25-11-17-37-27(25)29(33-28)31-22-4-2-3-5-22/h6-12,17-18,22H,2-5,13-16,19H2,1H3,(H,31,32,33). The van der Waals surface area contributed by atoms with Crippen LogP contribution in [0.2, 0.25) is 0 Å². The zero-order valence-electron chi connectivity index (χ0n) is 21.2. The normalized spacial score (nSPS) is 16.9. The first-order valence-electron chi connectivity index (χ1n) is 13.2. The molecule has 1 saturated carbocycles. The van der Waals surface area contributed by atoms with Crippen molar-refractivity contribution in [2.75, 3.05) is 43.4 Å². The summed E-state index contributed by atoms with van der Waals surface area (Å²) in [6.45, 7) is 4.14. The number of aromatic nitrogens is 3. The van der Waals surface area contributed by atoms with Crippen molar-refractivity contribution < 1.29 is 4.79 Å². The van der Waals surface area contributed by atoms with Crippen LogP contribution < -0.4 is 10.2 Å². The van der Waals surface area contributed by atoms with Crippen LogP contribution in [-0.2, 0) is 6.42 Å². The van der Waals surface area contributed by atoms with Crippen molar-refractivity contribution in [1.29, 1.82) is 0 Å². The van der Waals surface area contributed by atoms with Crippen LogP contribution in [0, 0.1) is 0 Å². The lowest BCUT2D eigenvalue weighted by Crippen LogP contribution is -2.44. The molecule has 37 heavy (non-hydrogen) atoms. The summed E-state index contributed by atoms with van der Waals surface area (Å²) in [6.07, 6.45) is 6.90. The van der Waals surface area contributed by atoms with Gasteiger partial charge in [-0.2, -0.15) is 0 Å². The third kappa shape index (κ3) is 5.36. The molecule has 0 atom stereocenters. The van der Waals surface area contributed by atoms with Crippen LogP contribution in [0.1, 0.15) is 41.7 Å². The summed E-state index contributed by atoms with van der Waals surface area (Å²) in [4.78, 5) is 32.0. The zero-order valence-corrected chi connectivity index (χ0v) is 22.0. The van der Waals surface area contributed by atoms with Gasteiger partial charge in [-0.15, -0.1) is 11.3 Å². The van der Waals surface area contributed by atoms with Gasteiger partial charge < -0.3 is 15.1 Å². The number of carbonyl (C=O) groups is 1. The van der Waals surface area contributed by atoms with E-state index in [1.165, 1.54) is 31.4 Å². The maximum atomic E-state index is 13.1. The minimum absolute atomic E-state index is 0.0624. The number of rotatable bonds is 7. The minimum atomic E-state index is 0.0624. The molecule has 4 aromatic rings. The molecule has 1 aliphatic carbocycles. The fourth-order valence-corrected chi connectivity index (χ4v) is 6.04. The highest BCUT2D eigenvalue weighted by molar-refractivity contribution is 7.17. The maximum absolute atomic E-state index is 13.1. The molecule has 2 aliphatic rings. The van der Waals surface area contributed by atoms with E-state index in [0.717, 1.165) is 53.5 Å². The number of carbonyl (C=O) groups excluding carboxylic acids is 1. The molecule has 1 saturated heterocycles. The van der Waals surface area contributed by atoms with Gasteiger partial charge in [0.2, 0.25) is 0 Å². The lowest BCUT2D eigenvalue weighted by atomic mass is 10.0. The summed E-state index contributed by atoms with van der Waals surface area (Å²) in [5.74, 6) is 1.64. The molecule has 6 rings (SSSR count). The number of pyridine rings is 1. The van der Waals surface area contributed by atoms with Crippen LogP contribution in [0.4, 0.5) is 11.5 Å².